The van der Waals surface area contributed by atoms with Gasteiger partial charge in [-0.15, -0.1) is 0 Å². The van der Waals surface area contributed by atoms with Crippen LogP contribution in [0.1, 0.15) is 19.8 Å². The molecule has 1 amide bonds. The lowest BCUT2D eigenvalue weighted by Gasteiger charge is -2.22. The predicted octanol–water partition coefficient (Wildman–Crippen LogP) is -0.160. The monoisotopic (exact) mass is 232 g/mol. The van der Waals surface area contributed by atoms with E-state index in [1.54, 1.807) is 7.11 Å². The van der Waals surface area contributed by atoms with E-state index in [0.29, 0.717) is 19.6 Å². The van der Waals surface area contributed by atoms with E-state index < -0.39 is 6.10 Å². The minimum Gasteiger partial charge on any atom is -0.391 e. The molecule has 2 N–H and O–H groups in total. The normalized spacial score (nSPS) is 14.9. The molecule has 0 radical (unpaired) electrons. The summed E-state index contributed by atoms with van der Waals surface area (Å²) in [6.07, 6.45) is 0.785. The van der Waals surface area contributed by atoms with Crippen molar-refractivity contribution < 1.29 is 14.6 Å². The number of ether oxygens (including phenoxy) is 1. The molecule has 0 fully saturated rings. The van der Waals surface area contributed by atoms with E-state index in [4.69, 9.17) is 4.74 Å². The Kier molecular flexibility index (Phi) is 8.15. The molecule has 0 rings (SSSR count). The van der Waals surface area contributed by atoms with E-state index in [-0.39, 0.29) is 11.9 Å². The Morgan fingerprint density at radius 1 is 1.50 bits per heavy atom. The molecule has 5 heteroatoms. The van der Waals surface area contributed by atoms with Gasteiger partial charge in [0.25, 0.3) is 0 Å². The van der Waals surface area contributed by atoms with Crippen molar-refractivity contribution in [3.05, 3.63) is 0 Å². The molecule has 96 valence electrons. The zero-order chi connectivity index (χ0) is 12.6. The summed E-state index contributed by atoms with van der Waals surface area (Å²) in [5.41, 5.74) is 0. The van der Waals surface area contributed by atoms with Crippen LogP contribution in [-0.4, -0.2) is 62.4 Å². The van der Waals surface area contributed by atoms with Crippen molar-refractivity contribution in [2.45, 2.75) is 31.9 Å². The Morgan fingerprint density at radius 2 is 2.12 bits per heavy atom. The maximum atomic E-state index is 11.7. The van der Waals surface area contributed by atoms with E-state index in [0.717, 1.165) is 6.42 Å². The van der Waals surface area contributed by atoms with E-state index >= 15 is 0 Å². The summed E-state index contributed by atoms with van der Waals surface area (Å²) < 4.78 is 4.80. The molecule has 0 aliphatic carbocycles. The molecular formula is C11H24N2O3. The Morgan fingerprint density at radius 3 is 2.56 bits per heavy atom. The second-order valence-corrected chi connectivity index (χ2v) is 4.08. The Labute approximate surface area is 97.8 Å². The summed E-state index contributed by atoms with van der Waals surface area (Å²) in [5, 5.41) is 12.2. The number of methoxy groups -OCH3 is 1. The van der Waals surface area contributed by atoms with Crippen LogP contribution in [0.25, 0.3) is 0 Å². The number of amides is 1. The fourth-order valence-electron chi connectivity index (χ4n) is 1.54. The van der Waals surface area contributed by atoms with E-state index in [1.165, 1.54) is 0 Å². The van der Waals surface area contributed by atoms with Crippen LogP contribution in [0, 0.1) is 0 Å². The summed E-state index contributed by atoms with van der Waals surface area (Å²) in [7, 11) is 5.31. The van der Waals surface area contributed by atoms with Crippen LogP contribution in [0.5, 0.6) is 0 Å². The summed E-state index contributed by atoms with van der Waals surface area (Å²) >= 11 is 0. The van der Waals surface area contributed by atoms with Crippen molar-refractivity contribution in [2.24, 2.45) is 0 Å². The summed E-state index contributed by atoms with van der Waals surface area (Å²) in [6, 6.07) is -0.0976. The highest BCUT2D eigenvalue weighted by Gasteiger charge is 2.17. The van der Waals surface area contributed by atoms with Crippen molar-refractivity contribution in [3.63, 3.8) is 0 Å². The highest BCUT2D eigenvalue weighted by atomic mass is 16.5. The van der Waals surface area contributed by atoms with Gasteiger partial charge in [0.05, 0.1) is 18.8 Å². The van der Waals surface area contributed by atoms with Gasteiger partial charge in [-0.25, -0.2) is 0 Å². The maximum Gasteiger partial charge on any atom is 0.237 e. The number of hydrogen-bond acceptors (Lipinski definition) is 4. The van der Waals surface area contributed by atoms with Crippen LogP contribution in [0.15, 0.2) is 0 Å². The minimum atomic E-state index is -0.510. The first-order chi connectivity index (χ1) is 7.52. The number of aliphatic hydroxyl groups excluding tert-OH is 1. The van der Waals surface area contributed by atoms with Crippen LogP contribution in [0.2, 0.25) is 0 Å². The minimum absolute atomic E-state index is 0.0112. The van der Waals surface area contributed by atoms with Crippen LogP contribution in [-0.2, 0) is 9.53 Å². The topological polar surface area (TPSA) is 61.8 Å². The predicted molar refractivity (Wildman–Crippen MR) is 63.3 cm³/mol. The van der Waals surface area contributed by atoms with Crippen LogP contribution < -0.4 is 5.32 Å². The van der Waals surface area contributed by atoms with Crippen molar-refractivity contribution >= 4 is 5.91 Å². The quantitative estimate of drug-likeness (QED) is 0.610. The van der Waals surface area contributed by atoms with Crippen molar-refractivity contribution in [3.8, 4) is 0 Å². The molecule has 0 aliphatic rings. The summed E-state index contributed by atoms with van der Waals surface area (Å²) in [4.78, 5) is 13.6. The Hall–Kier alpha value is -0.650. The third kappa shape index (κ3) is 6.05. The average molecular weight is 232 g/mol. The first-order valence-electron chi connectivity index (χ1n) is 5.64. The van der Waals surface area contributed by atoms with E-state index in [2.05, 4.69) is 5.32 Å². The van der Waals surface area contributed by atoms with Crippen LogP contribution in [0.4, 0.5) is 0 Å². The zero-order valence-electron chi connectivity index (χ0n) is 10.7. The SMILES string of the molecule is CCC(C(=O)NCCC(O)COC)N(C)C. The smallest absolute Gasteiger partial charge is 0.237 e. The molecule has 2 atom stereocenters. The van der Waals surface area contributed by atoms with Gasteiger partial charge in [0.15, 0.2) is 0 Å². The molecule has 0 saturated heterocycles. The number of carbonyl (C=O) groups excluding carboxylic acids is 1. The fourth-order valence-corrected chi connectivity index (χ4v) is 1.54. The first kappa shape index (κ1) is 15.3. The number of rotatable bonds is 8. The van der Waals surface area contributed by atoms with Crippen LogP contribution in [0.3, 0.4) is 0 Å². The second-order valence-electron chi connectivity index (χ2n) is 4.08. The lowest BCUT2D eigenvalue weighted by atomic mass is 10.2. The lowest BCUT2D eigenvalue weighted by molar-refractivity contribution is -0.125. The first-order valence-corrected chi connectivity index (χ1v) is 5.64. The summed E-state index contributed by atoms with van der Waals surface area (Å²) in [6.45, 7) is 2.76. The van der Waals surface area contributed by atoms with Crippen molar-refractivity contribution in [2.75, 3.05) is 34.4 Å². The third-order valence-electron chi connectivity index (χ3n) is 2.45. The van der Waals surface area contributed by atoms with Gasteiger partial charge in [0.1, 0.15) is 0 Å². The second kappa shape index (κ2) is 8.50. The van der Waals surface area contributed by atoms with Crippen molar-refractivity contribution in [1.29, 1.82) is 0 Å². The number of carbonyl (C=O) groups is 1. The average Bonchev–Trinajstić information content (AvgIpc) is 2.18. The number of hydrogen-bond donors (Lipinski definition) is 2. The van der Waals surface area contributed by atoms with Gasteiger partial charge in [-0.2, -0.15) is 0 Å². The highest BCUT2D eigenvalue weighted by Crippen LogP contribution is 1.99. The van der Waals surface area contributed by atoms with Gasteiger partial charge in [-0.05, 0) is 26.9 Å². The number of likely N-dealkylation sites (N-methyl/N-ethyl adjacent to an activating group) is 1. The number of aliphatic hydroxyl groups is 1. The molecule has 5 nitrogen and oxygen atoms in total. The molecule has 0 aromatic heterocycles. The molecule has 0 saturated carbocycles. The highest BCUT2D eigenvalue weighted by molar-refractivity contribution is 5.81. The summed E-state index contributed by atoms with van der Waals surface area (Å²) in [5.74, 6) is 0.0112. The van der Waals surface area contributed by atoms with E-state index in [1.807, 2.05) is 25.9 Å². The number of nitrogens with zero attached hydrogens (tertiary/aromatic N) is 1. The third-order valence-corrected chi connectivity index (χ3v) is 2.45. The lowest BCUT2D eigenvalue weighted by Crippen LogP contribution is -2.43. The molecule has 0 aliphatic heterocycles. The Bertz CT molecular complexity index is 198. The molecule has 0 spiro atoms. The molecule has 0 heterocycles. The molecule has 0 aromatic carbocycles. The zero-order valence-corrected chi connectivity index (χ0v) is 10.7. The number of nitrogens with one attached hydrogen (secondary N) is 1. The maximum absolute atomic E-state index is 11.7. The molecule has 2 unspecified atom stereocenters. The van der Waals surface area contributed by atoms with E-state index in [9.17, 15) is 9.90 Å². The standard InChI is InChI=1S/C11H24N2O3/c1-5-10(13(2)3)11(15)12-7-6-9(14)8-16-4/h9-10,14H,5-8H2,1-4H3,(H,12,15). The molecule has 0 aromatic rings. The van der Waals surface area contributed by atoms with Gasteiger partial charge >= 0.3 is 0 Å². The fraction of sp³-hybridized carbons (Fsp3) is 0.909. The van der Waals surface area contributed by atoms with Gasteiger partial charge in [-0.3, -0.25) is 9.69 Å². The molecule has 16 heavy (non-hydrogen) atoms. The van der Waals surface area contributed by atoms with Gasteiger partial charge in [0.2, 0.25) is 5.91 Å². The van der Waals surface area contributed by atoms with Crippen molar-refractivity contribution in [1.82, 2.24) is 10.2 Å². The molecule has 0 bridgehead atoms. The van der Waals surface area contributed by atoms with Gasteiger partial charge in [0, 0.05) is 13.7 Å². The van der Waals surface area contributed by atoms with Crippen LogP contribution >= 0.6 is 0 Å². The Balaban J connectivity index is 3.79. The van der Waals surface area contributed by atoms with Gasteiger partial charge in [-0.1, -0.05) is 6.92 Å². The largest absolute Gasteiger partial charge is 0.391 e. The molecular weight excluding hydrogens is 208 g/mol. The van der Waals surface area contributed by atoms with Gasteiger partial charge < -0.3 is 15.2 Å².